The molecule has 0 fully saturated rings. The molecule has 0 saturated carbocycles. The van der Waals surface area contributed by atoms with Crippen molar-refractivity contribution in [1.29, 1.82) is 0 Å². The quantitative estimate of drug-likeness (QED) is 0.357. The number of hydrogen-bond donors (Lipinski definition) is 0. The van der Waals surface area contributed by atoms with E-state index in [2.05, 4.69) is 11.7 Å². The predicted molar refractivity (Wildman–Crippen MR) is 56.5 cm³/mol. The van der Waals surface area contributed by atoms with Gasteiger partial charge in [-0.05, 0) is 6.42 Å². The summed E-state index contributed by atoms with van der Waals surface area (Å²) >= 11 is 5.17. The lowest BCUT2D eigenvalue weighted by molar-refractivity contribution is 0.0664. The Hall–Kier alpha value is -0.440. The van der Waals surface area contributed by atoms with Crippen molar-refractivity contribution in [3.05, 3.63) is 0 Å². The highest BCUT2D eigenvalue weighted by Gasteiger charge is 2.00. The first kappa shape index (κ1) is 13.6. The highest BCUT2D eigenvalue weighted by atomic mass is 35.5. The van der Waals surface area contributed by atoms with Crippen LogP contribution in [0.2, 0.25) is 0 Å². The van der Waals surface area contributed by atoms with Gasteiger partial charge in [0, 0.05) is 0 Å². The Labute approximate surface area is 90.7 Å². The van der Waals surface area contributed by atoms with Crippen molar-refractivity contribution in [3.8, 4) is 0 Å². The molecule has 0 heterocycles. The zero-order valence-corrected chi connectivity index (χ0v) is 9.52. The second-order valence-corrected chi connectivity index (χ2v) is 3.34. The lowest BCUT2D eigenvalue weighted by atomic mass is 10.1. The minimum Gasteiger partial charge on any atom is -0.434 e. The Morgan fingerprint density at radius 2 is 1.71 bits per heavy atom. The summed E-state index contributed by atoms with van der Waals surface area (Å²) in [7, 11) is 0. The van der Waals surface area contributed by atoms with E-state index >= 15 is 0 Å². The molecule has 14 heavy (non-hydrogen) atoms. The van der Waals surface area contributed by atoms with Gasteiger partial charge in [0.25, 0.3) is 0 Å². The largest absolute Gasteiger partial charge is 0.509 e. The molecule has 0 rings (SSSR count). The number of halogens is 1. The monoisotopic (exact) mass is 222 g/mol. The molecule has 0 bridgehead atoms. The van der Waals surface area contributed by atoms with Crippen LogP contribution in [0.3, 0.4) is 0 Å². The summed E-state index contributed by atoms with van der Waals surface area (Å²) in [6.07, 6.45) is 6.35. The van der Waals surface area contributed by atoms with E-state index in [0.717, 1.165) is 12.8 Å². The number of unbranched alkanes of at least 4 members (excludes halogenated alkanes) is 5. The zero-order chi connectivity index (χ0) is 10.6. The van der Waals surface area contributed by atoms with Crippen molar-refractivity contribution < 1.29 is 14.3 Å². The minimum absolute atomic E-state index is 0.144. The molecule has 0 unspecified atom stereocenters. The summed E-state index contributed by atoms with van der Waals surface area (Å²) in [5, 5.41) is 0. The topological polar surface area (TPSA) is 35.5 Å². The second kappa shape index (κ2) is 10.6. The van der Waals surface area contributed by atoms with E-state index in [4.69, 9.17) is 16.3 Å². The number of rotatable bonds is 8. The molecule has 0 aromatic rings. The molecule has 0 aromatic heterocycles. The maximum absolute atomic E-state index is 10.6. The Morgan fingerprint density at radius 1 is 1.07 bits per heavy atom. The van der Waals surface area contributed by atoms with Crippen molar-refractivity contribution in [1.82, 2.24) is 0 Å². The molecule has 0 N–H and O–H groups in total. The van der Waals surface area contributed by atoms with Gasteiger partial charge in [-0.25, -0.2) is 4.79 Å². The van der Waals surface area contributed by atoms with Crippen LogP contribution in [0.15, 0.2) is 0 Å². The van der Waals surface area contributed by atoms with E-state index in [-0.39, 0.29) is 6.07 Å². The maximum atomic E-state index is 10.6. The smallest absolute Gasteiger partial charge is 0.434 e. The molecular weight excluding hydrogens is 204 g/mol. The molecule has 4 heteroatoms. The van der Waals surface area contributed by atoms with Gasteiger partial charge in [-0.1, -0.05) is 50.6 Å². The molecule has 0 aliphatic heterocycles. The second-order valence-electron chi connectivity index (χ2n) is 3.12. The Morgan fingerprint density at radius 3 is 2.36 bits per heavy atom. The van der Waals surface area contributed by atoms with Gasteiger partial charge in [0.05, 0.1) is 6.61 Å². The molecule has 0 aliphatic carbocycles. The van der Waals surface area contributed by atoms with Crippen LogP contribution in [0.5, 0.6) is 0 Å². The van der Waals surface area contributed by atoms with E-state index in [1.165, 1.54) is 25.7 Å². The van der Waals surface area contributed by atoms with Crippen LogP contribution >= 0.6 is 11.6 Å². The molecule has 0 atom stereocenters. The van der Waals surface area contributed by atoms with Crippen molar-refractivity contribution >= 4 is 17.8 Å². The van der Waals surface area contributed by atoms with Gasteiger partial charge in [0.2, 0.25) is 0 Å². The highest BCUT2D eigenvalue weighted by molar-refractivity contribution is 6.17. The summed E-state index contributed by atoms with van der Waals surface area (Å²) in [5.74, 6) is 0. The standard InChI is InChI=1S/C10H19ClO3/c1-2-3-4-5-6-7-8-13-10(12)14-9-11/h2-9H2,1H3. The third-order valence-electron chi connectivity index (χ3n) is 1.89. The number of carbonyl (C=O) groups excluding carboxylic acids is 1. The third-order valence-corrected chi connectivity index (χ3v) is 2.00. The third kappa shape index (κ3) is 9.65. The lowest BCUT2D eigenvalue weighted by Gasteiger charge is -2.03. The van der Waals surface area contributed by atoms with Crippen molar-refractivity contribution in [2.75, 3.05) is 12.7 Å². The molecule has 3 nitrogen and oxygen atoms in total. The Bertz CT molecular complexity index is 139. The van der Waals surface area contributed by atoms with E-state index < -0.39 is 6.16 Å². The molecule has 0 spiro atoms. The van der Waals surface area contributed by atoms with E-state index in [1.54, 1.807) is 0 Å². The van der Waals surface area contributed by atoms with Crippen LogP contribution in [0.25, 0.3) is 0 Å². The van der Waals surface area contributed by atoms with Crippen LogP contribution in [0.4, 0.5) is 4.79 Å². The van der Waals surface area contributed by atoms with E-state index in [1.807, 2.05) is 0 Å². The van der Waals surface area contributed by atoms with Gasteiger partial charge in [-0.15, -0.1) is 0 Å². The summed E-state index contributed by atoms with van der Waals surface area (Å²) in [6.45, 7) is 2.62. The molecule has 84 valence electrons. The number of alkyl halides is 1. The van der Waals surface area contributed by atoms with Crippen LogP contribution in [-0.2, 0) is 9.47 Å². The maximum Gasteiger partial charge on any atom is 0.509 e. The van der Waals surface area contributed by atoms with Crippen molar-refractivity contribution in [2.24, 2.45) is 0 Å². The molecule has 0 saturated heterocycles. The molecular formula is C10H19ClO3. The van der Waals surface area contributed by atoms with Gasteiger partial charge < -0.3 is 9.47 Å². The minimum atomic E-state index is -0.673. The van der Waals surface area contributed by atoms with Crippen LogP contribution in [0.1, 0.15) is 45.4 Å². The Kier molecular flexibility index (Phi) is 10.3. The van der Waals surface area contributed by atoms with Crippen LogP contribution in [-0.4, -0.2) is 18.8 Å². The zero-order valence-electron chi connectivity index (χ0n) is 8.76. The average Bonchev–Trinajstić information content (AvgIpc) is 2.17. The van der Waals surface area contributed by atoms with Crippen molar-refractivity contribution in [2.45, 2.75) is 45.4 Å². The summed E-state index contributed by atoms with van der Waals surface area (Å²) < 4.78 is 9.13. The predicted octanol–water partition coefficient (Wildman–Crippen LogP) is 3.70. The fraction of sp³-hybridized carbons (Fsp3) is 0.900. The van der Waals surface area contributed by atoms with Gasteiger partial charge in [-0.3, -0.25) is 0 Å². The van der Waals surface area contributed by atoms with Gasteiger partial charge in [0.15, 0.2) is 6.07 Å². The van der Waals surface area contributed by atoms with Gasteiger partial charge >= 0.3 is 6.16 Å². The number of hydrogen-bond acceptors (Lipinski definition) is 3. The Balaban J connectivity index is 3.01. The van der Waals surface area contributed by atoms with Crippen molar-refractivity contribution in [3.63, 3.8) is 0 Å². The first-order chi connectivity index (χ1) is 6.81. The molecule has 0 aliphatic rings. The summed E-state index contributed by atoms with van der Waals surface area (Å²) in [4.78, 5) is 10.6. The normalized spacial score (nSPS) is 9.86. The van der Waals surface area contributed by atoms with E-state index in [9.17, 15) is 4.79 Å². The summed E-state index contributed by atoms with van der Waals surface area (Å²) in [6, 6.07) is -0.144. The summed E-state index contributed by atoms with van der Waals surface area (Å²) in [5.41, 5.74) is 0. The van der Waals surface area contributed by atoms with E-state index in [0.29, 0.717) is 6.61 Å². The first-order valence-electron chi connectivity index (χ1n) is 5.16. The van der Waals surface area contributed by atoms with Crippen LogP contribution < -0.4 is 0 Å². The highest BCUT2D eigenvalue weighted by Crippen LogP contribution is 2.05. The van der Waals surface area contributed by atoms with Gasteiger partial charge in [-0.2, -0.15) is 0 Å². The fourth-order valence-electron chi connectivity index (χ4n) is 1.12. The molecule has 0 aromatic carbocycles. The molecule has 0 radical (unpaired) electrons. The average molecular weight is 223 g/mol. The van der Waals surface area contributed by atoms with Gasteiger partial charge in [0.1, 0.15) is 0 Å². The number of carbonyl (C=O) groups is 1. The SMILES string of the molecule is CCCCCCCCOC(=O)OCCl. The van der Waals surface area contributed by atoms with Crippen LogP contribution in [0, 0.1) is 0 Å². The molecule has 0 amide bonds. The lowest BCUT2D eigenvalue weighted by Crippen LogP contribution is -2.07. The number of ether oxygens (including phenoxy) is 2. The fourth-order valence-corrected chi connectivity index (χ4v) is 1.21. The first-order valence-corrected chi connectivity index (χ1v) is 5.70.